The van der Waals surface area contributed by atoms with Crippen LogP contribution in [0, 0.1) is 27.7 Å². The molecule has 0 aliphatic heterocycles. The largest absolute Gasteiger partial charge is 0.252 e. The molecule has 0 aromatic heterocycles. The number of nitrogens with zero attached hydrogens (tertiary/aromatic N) is 2. The minimum absolute atomic E-state index is 0. The first-order chi connectivity index (χ1) is 25.9. The predicted octanol–water partition coefficient (Wildman–Crippen LogP) is 17.9. The number of unbranched alkanes of at least 4 members (excludes halogenated alkanes) is 27. The van der Waals surface area contributed by atoms with Gasteiger partial charge in [0.25, 0.3) is 0 Å². The summed E-state index contributed by atoms with van der Waals surface area (Å²) in [6.07, 6.45) is 43.0. The molecule has 2 rings (SSSR count). The molecule has 0 fully saturated rings. The number of hydrogen-bond acceptors (Lipinski definition) is 2. The van der Waals surface area contributed by atoms with Gasteiger partial charge in [-0.2, -0.15) is 0 Å². The quantitative estimate of drug-likeness (QED) is 0.0384. The summed E-state index contributed by atoms with van der Waals surface area (Å²) in [6.45, 7) is 13.3. The molecule has 54 heavy (non-hydrogen) atoms. The average molecular weight is 786 g/mol. The maximum atomic E-state index is 5.27. The fourth-order valence-corrected chi connectivity index (χ4v) is 7.56. The Labute approximate surface area is 347 Å². The molecule has 2 nitrogen and oxygen atoms in total. The van der Waals surface area contributed by atoms with E-state index in [0.717, 1.165) is 30.6 Å². The number of aryl methyl sites for hydroxylation is 4. The Bertz CT molecular complexity index is 1240. The van der Waals surface area contributed by atoms with Crippen LogP contribution in [0.2, 0.25) is 0 Å². The first-order valence-corrected chi connectivity index (χ1v) is 23.2. The fraction of sp³-hybridized carbons (Fsp3) is 0.725. The standard InChI is InChI=1S/C51H86N2.Ni/c1-7-9-11-12-13-14-15-16-17-18-19-20-21-22-23-24-25-26-27-28-29-30-31-32-33-34-35-37-51(53-49-41-39-45(4)47(6)43-49)50(36-10-8-2)52-48-40-38-44(3)46(5)42-48;/h38-43H,7-37H2,1-6H3;. The number of benzene rings is 2. The fourth-order valence-electron chi connectivity index (χ4n) is 7.56. The summed E-state index contributed by atoms with van der Waals surface area (Å²) in [5.41, 5.74) is 9.77. The zero-order valence-electron chi connectivity index (χ0n) is 36.6. The van der Waals surface area contributed by atoms with Crippen molar-refractivity contribution in [2.75, 3.05) is 0 Å². The van der Waals surface area contributed by atoms with Gasteiger partial charge >= 0.3 is 0 Å². The molecule has 0 N–H and O–H groups in total. The number of aliphatic imine (C=N–C) groups is 2. The summed E-state index contributed by atoms with van der Waals surface area (Å²) >= 11 is 0. The molecule has 2 aromatic carbocycles. The van der Waals surface area contributed by atoms with Gasteiger partial charge in [0, 0.05) is 16.5 Å². The minimum atomic E-state index is 0. The van der Waals surface area contributed by atoms with Crippen LogP contribution in [0.25, 0.3) is 0 Å². The molecule has 0 aliphatic carbocycles. The Balaban J connectivity index is 0.0000146. The van der Waals surface area contributed by atoms with E-state index in [1.165, 1.54) is 213 Å². The van der Waals surface area contributed by atoms with Crippen LogP contribution in [0.1, 0.15) is 235 Å². The van der Waals surface area contributed by atoms with Gasteiger partial charge in [0.15, 0.2) is 0 Å². The molecule has 0 saturated carbocycles. The van der Waals surface area contributed by atoms with Crippen LogP contribution < -0.4 is 0 Å². The normalized spacial score (nSPS) is 12.0. The second-order valence-corrected chi connectivity index (χ2v) is 16.7. The zero-order chi connectivity index (χ0) is 38.2. The molecule has 3 heteroatoms. The molecule has 0 radical (unpaired) electrons. The third-order valence-corrected chi connectivity index (χ3v) is 11.6. The molecule has 0 heterocycles. The third kappa shape index (κ3) is 25.4. The van der Waals surface area contributed by atoms with Crippen molar-refractivity contribution >= 4 is 22.8 Å². The van der Waals surface area contributed by atoms with Crippen molar-refractivity contribution in [1.29, 1.82) is 0 Å². The Morgan fingerprint density at radius 2 is 0.593 bits per heavy atom. The van der Waals surface area contributed by atoms with Crippen LogP contribution in [0.4, 0.5) is 11.4 Å². The van der Waals surface area contributed by atoms with Crippen LogP contribution in [0.3, 0.4) is 0 Å². The van der Waals surface area contributed by atoms with Crippen molar-refractivity contribution in [1.82, 2.24) is 0 Å². The van der Waals surface area contributed by atoms with Crippen LogP contribution >= 0.6 is 0 Å². The van der Waals surface area contributed by atoms with Gasteiger partial charge in [-0.25, -0.2) is 0 Å². The Morgan fingerprint density at radius 1 is 0.333 bits per heavy atom. The van der Waals surface area contributed by atoms with E-state index in [9.17, 15) is 0 Å². The molecule has 0 spiro atoms. The molecule has 0 saturated heterocycles. The van der Waals surface area contributed by atoms with Gasteiger partial charge in [-0.3, -0.25) is 9.98 Å². The monoisotopic (exact) mass is 785 g/mol. The van der Waals surface area contributed by atoms with Crippen molar-refractivity contribution in [2.24, 2.45) is 9.98 Å². The second-order valence-electron chi connectivity index (χ2n) is 16.7. The molecule has 2 aromatic rings. The summed E-state index contributed by atoms with van der Waals surface area (Å²) in [5, 5.41) is 0. The summed E-state index contributed by atoms with van der Waals surface area (Å²) in [4.78, 5) is 10.5. The van der Waals surface area contributed by atoms with Gasteiger partial charge in [0.05, 0.1) is 22.8 Å². The van der Waals surface area contributed by atoms with Gasteiger partial charge in [0.2, 0.25) is 0 Å². The molecule has 0 bridgehead atoms. The molecular formula is C51H86N2Ni. The zero-order valence-corrected chi connectivity index (χ0v) is 37.6. The maximum Gasteiger partial charge on any atom is 0.0636 e. The summed E-state index contributed by atoms with van der Waals surface area (Å²) in [7, 11) is 0. The molecule has 310 valence electrons. The van der Waals surface area contributed by atoms with Crippen molar-refractivity contribution in [2.45, 2.75) is 241 Å². The van der Waals surface area contributed by atoms with Gasteiger partial charge in [-0.15, -0.1) is 0 Å². The molecule has 0 amide bonds. The van der Waals surface area contributed by atoms with E-state index < -0.39 is 0 Å². The smallest absolute Gasteiger partial charge is 0.0636 e. The SMILES string of the molecule is CCCCCCCCCCCCCCCCCCCCCCCCCCCCCC(=Nc1ccc(C)c(C)c1)C(CCCC)=Nc1ccc(C)c(C)c1.[Ni]. The number of hydrogen-bond donors (Lipinski definition) is 0. The van der Waals surface area contributed by atoms with Gasteiger partial charge in [0.1, 0.15) is 0 Å². The van der Waals surface area contributed by atoms with Crippen LogP contribution in [0.5, 0.6) is 0 Å². The Hall–Kier alpha value is -1.73. The van der Waals surface area contributed by atoms with E-state index in [2.05, 4.69) is 77.9 Å². The number of rotatable bonds is 34. The van der Waals surface area contributed by atoms with Crippen LogP contribution in [-0.2, 0) is 16.5 Å². The summed E-state index contributed by atoms with van der Waals surface area (Å²) < 4.78 is 0. The van der Waals surface area contributed by atoms with Crippen molar-refractivity contribution in [3.05, 3.63) is 58.7 Å². The first kappa shape index (κ1) is 50.3. The minimum Gasteiger partial charge on any atom is -0.252 e. The van der Waals surface area contributed by atoms with E-state index in [1.807, 2.05) is 0 Å². The Morgan fingerprint density at radius 3 is 0.870 bits per heavy atom. The average Bonchev–Trinajstić information content (AvgIpc) is 3.15. The Kier molecular flexibility index (Phi) is 32.1. The molecule has 0 aliphatic rings. The van der Waals surface area contributed by atoms with E-state index >= 15 is 0 Å². The van der Waals surface area contributed by atoms with Crippen LogP contribution in [-0.4, -0.2) is 11.4 Å². The van der Waals surface area contributed by atoms with Gasteiger partial charge < -0.3 is 0 Å². The third-order valence-electron chi connectivity index (χ3n) is 11.6. The van der Waals surface area contributed by atoms with E-state index in [4.69, 9.17) is 9.98 Å². The maximum absolute atomic E-state index is 5.27. The molecule has 0 atom stereocenters. The summed E-state index contributed by atoms with van der Waals surface area (Å²) in [6, 6.07) is 13.2. The first-order valence-electron chi connectivity index (χ1n) is 23.2. The van der Waals surface area contributed by atoms with Crippen molar-refractivity contribution in [3.8, 4) is 0 Å². The van der Waals surface area contributed by atoms with Gasteiger partial charge in [-0.1, -0.05) is 199 Å². The van der Waals surface area contributed by atoms with Crippen molar-refractivity contribution in [3.63, 3.8) is 0 Å². The summed E-state index contributed by atoms with van der Waals surface area (Å²) in [5.74, 6) is 0. The topological polar surface area (TPSA) is 24.7 Å². The van der Waals surface area contributed by atoms with Crippen LogP contribution in [0.15, 0.2) is 46.4 Å². The van der Waals surface area contributed by atoms with E-state index in [-0.39, 0.29) is 16.5 Å². The van der Waals surface area contributed by atoms with E-state index in [1.54, 1.807) is 0 Å². The van der Waals surface area contributed by atoms with E-state index in [0.29, 0.717) is 0 Å². The molecular weight excluding hydrogens is 699 g/mol. The predicted molar refractivity (Wildman–Crippen MR) is 240 cm³/mol. The molecule has 0 unspecified atom stereocenters. The second kappa shape index (κ2) is 34.5. The van der Waals surface area contributed by atoms with Gasteiger partial charge in [-0.05, 0) is 99.9 Å². The van der Waals surface area contributed by atoms with Crippen molar-refractivity contribution < 1.29 is 16.5 Å².